The molecular weight excluding hydrogens is 286 g/mol. The molecule has 0 unspecified atom stereocenters. The summed E-state index contributed by atoms with van der Waals surface area (Å²) in [5.41, 5.74) is 15.3. The number of carbonyl (C=O) groups excluding carboxylic acids is 1. The fourth-order valence-electron chi connectivity index (χ4n) is 1.85. The van der Waals surface area contributed by atoms with Gasteiger partial charge in [-0.2, -0.15) is 0 Å². The molecule has 2 rings (SSSR count). The minimum absolute atomic E-state index is 0.197. The van der Waals surface area contributed by atoms with Gasteiger partial charge in [0.2, 0.25) is 0 Å². The van der Waals surface area contributed by atoms with Crippen molar-refractivity contribution in [2.45, 2.75) is 6.61 Å². The van der Waals surface area contributed by atoms with E-state index in [0.29, 0.717) is 11.3 Å². The first-order valence-corrected chi connectivity index (χ1v) is 6.37. The van der Waals surface area contributed by atoms with Crippen molar-refractivity contribution in [2.75, 3.05) is 24.0 Å². The smallest absolute Gasteiger partial charge is 0.337 e. The molecule has 7 N–H and O–H groups in total. The van der Waals surface area contributed by atoms with Crippen LogP contribution in [0.25, 0.3) is 0 Å². The van der Waals surface area contributed by atoms with Gasteiger partial charge in [-0.25, -0.2) is 15.6 Å². The number of benzene rings is 1. The van der Waals surface area contributed by atoms with Crippen LogP contribution in [0, 0.1) is 0 Å². The maximum atomic E-state index is 11.5. The minimum Gasteiger partial charge on any atom is -0.486 e. The van der Waals surface area contributed by atoms with Crippen molar-refractivity contribution < 1.29 is 14.3 Å². The number of pyridine rings is 1. The van der Waals surface area contributed by atoms with Crippen molar-refractivity contribution in [1.29, 1.82) is 0 Å². The van der Waals surface area contributed by atoms with Gasteiger partial charge in [0.15, 0.2) is 5.82 Å². The molecule has 0 aliphatic carbocycles. The highest BCUT2D eigenvalue weighted by Gasteiger charge is 2.10. The number of esters is 1. The Labute approximate surface area is 127 Å². The molecule has 0 fully saturated rings. The standard InChI is InChI=1S/C14H17N5O3/c1-21-14(20)9-4-2-3-8(5-9)7-22-10-6-11(15)18-13(19-17)12(10)16/h2-6H,7,16-17H2,1H3,(H3,15,18,19). The molecule has 116 valence electrons. The molecule has 0 spiro atoms. The van der Waals surface area contributed by atoms with Gasteiger partial charge >= 0.3 is 5.97 Å². The molecule has 22 heavy (non-hydrogen) atoms. The third-order valence-corrected chi connectivity index (χ3v) is 2.92. The SMILES string of the molecule is COC(=O)c1cccc(COc2cc(N)nc(NN)c2N)c1. The zero-order chi connectivity index (χ0) is 16.1. The first-order valence-electron chi connectivity index (χ1n) is 6.37. The lowest BCUT2D eigenvalue weighted by Crippen LogP contribution is -2.13. The van der Waals surface area contributed by atoms with E-state index in [-0.39, 0.29) is 23.9 Å². The lowest BCUT2D eigenvalue weighted by Gasteiger charge is -2.12. The predicted molar refractivity (Wildman–Crippen MR) is 83.0 cm³/mol. The number of hydrazine groups is 1. The van der Waals surface area contributed by atoms with Crippen LogP contribution >= 0.6 is 0 Å². The molecule has 0 atom stereocenters. The molecule has 1 heterocycles. The van der Waals surface area contributed by atoms with E-state index in [1.807, 2.05) is 6.07 Å². The van der Waals surface area contributed by atoms with Crippen LogP contribution in [0.1, 0.15) is 15.9 Å². The normalized spacial score (nSPS) is 10.1. The molecule has 1 aromatic heterocycles. The van der Waals surface area contributed by atoms with E-state index < -0.39 is 5.97 Å². The van der Waals surface area contributed by atoms with E-state index in [0.717, 1.165) is 5.56 Å². The lowest BCUT2D eigenvalue weighted by molar-refractivity contribution is 0.0600. The van der Waals surface area contributed by atoms with Crippen LogP contribution in [-0.2, 0) is 11.3 Å². The second kappa shape index (κ2) is 6.64. The van der Waals surface area contributed by atoms with Crippen LogP contribution in [-0.4, -0.2) is 18.1 Å². The Kier molecular flexibility index (Phi) is 4.64. The molecule has 2 aromatic rings. The van der Waals surface area contributed by atoms with Crippen molar-refractivity contribution in [2.24, 2.45) is 5.84 Å². The highest BCUT2D eigenvalue weighted by atomic mass is 16.5. The molecule has 0 amide bonds. The highest BCUT2D eigenvalue weighted by Crippen LogP contribution is 2.30. The molecule has 0 aliphatic heterocycles. The molecule has 8 nitrogen and oxygen atoms in total. The summed E-state index contributed by atoms with van der Waals surface area (Å²) >= 11 is 0. The second-order valence-corrected chi connectivity index (χ2v) is 4.43. The Balaban J connectivity index is 2.17. The number of anilines is 3. The van der Waals surface area contributed by atoms with Gasteiger partial charge in [0.05, 0.1) is 12.7 Å². The summed E-state index contributed by atoms with van der Waals surface area (Å²) in [7, 11) is 1.33. The maximum absolute atomic E-state index is 11.5. The second-order valence-electron chi connectivity index (χ2n) is 4.43. The van der Waals surface area contributed by atoms with Crippen LogP contribution in [0.3, 0.4) is 0 Å². The van der Waals surface area contributed by atoms with E-state index in [9.17, 15) is 4.79 Å². The van der Waals surface area contributed by atoms with Gasteiger partial charge in [-0.3, -0.25) is 0 Å². The number of rotatable bonds is 5. The van der Waals surface area contributed by atoms with Crippen LogP contribution in [0.15, 0.2) is 30.3 Å². The molecule has 8 heteroatoms. The number of ether oxygens (including phenoxy) is 2. The highest BCUT2D eigenvalue weighted by molar-refractivity contribution is 5.89. The van der Waals surface area contributed by atoms with E-state index in [1.54, 1.807) is 18.2 Å². The largest absolute Gasteiger partial charge is 0.486 e. The number of aromatic nitrogens is 1. The number of nitrogens with two attached hydrogens (primary N) is 3. The summed E-state index contributed by atoms with van der Waals surface area (Å²) in [6.07, 6.45) is 0. The predicted octanol–water partition coefficient (Wildman–Crippen LogP) is 0.897. The van der Waals surface area contributed by atoms with Crippen molar-refractivity contribution in [1.82, 2.24) is 4.98 Å². The van der Waals surface area contributed by atoms with E-state index in [2.05, 4.69) is 15.1 Å². The topological polar surface area (TPSA) is 139 Å². The van der Waals surface area contributed by atoms with Crippen LogP contribution in [0.2, 0.25) is 0 Å². The number of hydrogen-bond acceptors (Lipinski definition) is 8. The molecule has 0 bridgehead atoms. The average Bonchev–Trinajstić information content (AvgIpc) is 2.54. The zero-order valence-electron chi connectivity index (χ0n) is 12.0. The van der Waals surface area contributed by atoms with Gasteiger partial charge in [-0.1, -0.05) is 12.1 Å². The fourth-order valence-corrected chi connectivity index (χ4v) is 1.85. The lowest BCUT2D eigenvalue weighted by atomic mass is 10.1. The van der Waals surface area contributed by atoms with Crippen molar-refractivity contribution in [3.05, 3.63) is 41.5 Å². The van der Waals surface area contributed by atoms with Crippen LogP contribution in [0.5, 0.6) is 5.75 Å². The third kappa shape index (κ3) is 3.36. The average molecular weight is 303 g/mol. The Hall–Kier alpha value is -3.00. The van der Waals surface area contributed by atoms with Crippen molar-refractivity contribution in [3.63, 3.8) is 0 Å². The van der Waals surface area contributed by atoms with Crippen molar-refractivity contribution in [3.8, 4) is 5.75 Å². The molecule has 0 saturated carbocycles. The summed E-state index contributed by atoms with van der Waals surface area (Å²) in [6.45, 7) is 0.197. The first-order chi connectivity index (χ1) is 10.5. The Morgan fingerprint density at radius 3 is 2.77 bits per heavy atom. The summed E-state index contributed by atoms with van der Waals surface area (Å²) in [4.78, 5) is 15.4. The van der Waals surface area contributed by atoms with E-state index in [1.165, 1.54) is 13.2 Å². The Morgan fingerprint density at radius 1 is 1.32 bits per heavy atom. The number of carbonyl (C=O) groups is 1. The first kappa shape index (κ1) is 15.4. The maximum Gasteiger partial charge on any atom is 0.337 e. The summed E-state index contributed by atoms with van der Waals surface area (Å²) in [5, 5.41) is 0. The summed E-state index contributed by atoms with van der Waals surface area (Å²) < 4.78 is 10.3. The van der Waals surface area contributed by atoms with Gasteiger partial charge in [-0.15, -0.1) is 0 Å². The Bertz CT molecular complexity index is 690. The van der Waals surface area contributed by atoms with E-state index in [4.69, 9.17) is 22.0 Å². The number of methoxy groups -OCH3 is 1. The number of nitrogen functional groups attached to an aromatic ring is 3. The monoisotopic (exact) mass is 303 g/mol. The van der Waals surface area contributed by atoms with Gasteiger partial charge in [0.1, 0.15) is 23.9 Å². The van der Waals surface area contributed by atoms with Gasteiger partial charge in [0, 0.05) is 6.07 Å². The van der Waals surface area contributed by atoms with Gasteiger partial charge in [0.25, 0.3) is 0 Å². The molecule has 1 aromatic carbocycles. The number of nitrogens with zero attached hydrogens (tertiary/aromatic N) is 1. The molecule has 0 saturated heterocycles. The van der Waals surface area contributed by atoms with Gasteiger partial charge in [-0.05, 0) is 17.7 Å². The summed E-state index contributed by atoms with van der Waals surface area (Å²) in [6, 6.07) is 8.39. The van der Waals surface area contributed by atoms with Crippen LogP contribution < -0.4 is 27.5 Å². The quantitative estimate of drug-likeness (QED) is 0.363. The molecule has 0 radical (unpaired) electrons. The van der Waals surface area contributed by atoms with Crippen molar-refractivity contribution >= 4 is 23.3 Å². The van der Waals surface area contributed by atoms with Gasteiger partial charge < -0.3 is 26.4 Å². The van der Waals surface area contributed by atoms with E-state index >= 15 is 0 Å². The fraction of sp³-hybridized carbons (Fsp3) is 0.143. The number of nitrogens with one attached hydrogen (secondary N) is 1. The number of hydrogen-bond donors (Lipinski definition) is 4. The minimum atomic E-state index is -0.413. The molecule has 0 aliphatic rings. The van der Waals surface area contributed by atoms with Crippen LogP contribution in [0.4, 0.5) is 17.3 Å². The third-order valence-electron chi connectivity index (χ3n) is 2.92. The zero-order valence-corrected chi connectivity index (χ0v) is 12.0. The Morgan fingerprint density at radius 2 is 2.09 bits per heavy atom. The summed E-state index contributed by atoms with van der Waals surface area (Å²) in [5.74, 6) is 5.70. The molecular formula is C14H17N5O3.